The lowest BCUT2D eigenvalue weighted by molar-refractivity contribution is 0.313. The second-order valence-electron chi connectivity index (χ2n) is 6.05. The molecule has 0 bridgehead atoms. The maximum Gasteiger partial charge on any atom is 0.213 e. The number of sulfonamides is 1. The van der Waals surface area contributed by atoms with Crippen molar-refractivity contribution >= 4 is 10.0 Å². The Balaban J connectivity index is 1.98. The van der Waals surface area contributed by atoms with E-state index in [-0.39, 0.29) is 11.7 Å². The molecule has 128 valence electrons. The molecule has 0 aliphatic carbocycles. The number of hydrogen-bond acceptors (Lipinski definition) is 5. The fraction of sp³-hybridized carbons (Fsp3) is 0.471. The van der Waals surface area contributed by atoms with E-state index in [0.717, 1.165) is 29.7 Å². The Morgan fingerprint density at radius 1 is 1.29 bits per heavy atom. The van der Waals surface area contributed by atoms with Crippen LogP contribution in [0.25, 0.3) is 11.1 Å². The highest BCUT2D eigenvalue weighted by molar-refractivity contribution is 7.89. The SMILES string of the molecule is CCS(=O)(=O)N1CCC[C@@H](c2nc(C)ncc2-c2ccncc2)C1. The summed E-state index contributed by atoms with van der Waals surface area (Å²) in [5, 5.41) is 0. The minimum absolute atomic E-state index is 0.0879. The van der Waals surface area contributed by atoms with Crippen molar-refractivity contribution in [3.05, 3.63) is 42.2 Å². The number of aryl methyl sites for hydroxylation is 1. The zero-order valence-electron chi connectivity index (χ0n) is 14.0. The van der Waals surface area contributed by atoms with Crippen LogP contribution in [0.3, 0.4) is 0 Å². The van der Waals surface area contributed by atoms with Crippen LogP contribution in [0.15, 0.2) is 30.7 Å². The van der Waals surface area contributed by atoms with Gasteiger partial charge in [-0.2, -0.15) is 0 Å². The Hall–Kier alpha value is -1.86. The molecule has 0 radical (unpaired) electrons. The standard InChI is InChI=1S/C17H22N4O2S/c1-3-24(22,23)21-10-4-5-15(12-21)17-16(11-19-13(2)20-17)14-6-8-18-9-7-14/h6-9,11,15H,3-5,10,12H2,1-2H3/t15-/m1/s1. The van der Waals surface area contributed by atoms with Gasteiger partial charge in [0.1, 0.15) is 5.82 Å². The number of nitrogens with zero attached hydrogens (tertiary/aromatic N) is 4. The van der Waals surface area contributed by atoms with E-state index in [4.69, 9.17) is 0 Å². The van der Waals surface area contributed by atoms with Gasteiger partial charge in [-0.05, 0) is 44.4 Å². The number of piperidine rings is 1. The van der Waals surface area contributed by atoms with Crippen LogP contribution in [0.5, 0.6) is 0 Å². The van der Waals surface area contributed by atoms with Crippen molar-refractivity contribution in [2.24, 2.45) is 0 Å². The van der Waals surface area contributed by atoms with Crippen molar-refractivity contribution in [3.63, 3.8) is 0 Å². The van der Waals surface area contributed by atoms with Gasteiger partial charge in [0.15, 0.2) is 0 Å². The van der Waals surface area contributed by atoms with Gasteiger partial charge in [-0.25, -0.2) is 22.7 Å². The molecular weight excluding hydrogens is 324 g/mol. The van der Waals surface area contributed by atoms with Crippen molar-refractivity contribution < 1.29 is 8.42 Å². The second-order valence-corrected chi connectivity index (χ2v) is 8.31. The molecule has 1 aliphatic rings. The fourth-order valence-corrected chi connectivity index (χ4v) is 4.33. The highest BCUT2D eigenvalue weighted by Gasteiger charge is 2.30. The molecule has 3 heterocycles. The summed E-state index contributed by atoms with van der Waals surface area (Å²) in [7, 11) is -3.17. The molecule has 6 nitrogen and oxygen atoms in total. The summed E-state index contributed by atoms with van der Waals surface area (Å²) in [6.45, 7) is 4.64. The van der Waals surface area contributed by atoms with E-state index in [1.807, 2.05) is 25.3 Å². The normalized spacial score (nSPS) is 19.3. The first-order valence-electron chi connectivity index (χ1n) is 8.23. The van der Waals surface area contributed by atoms with Crippen LogP contribution in [0.4, 0.5) is 0 Å². The van der Waals surface area contributed by atoms with Crippen LogP contribution in [-0.4, -0.2) is 46.5 Å². The minimum atomic E-state index is -3.17. The topological polar surface area (TPSA) is 76.1 Å². The molecule has 7 heteroatoms. The smallest absolute Gasteiger partial charge is 0.213 e. The molecule has 0 aromatic carbocycles. The van der Waals surface area contributed by atoms with Crippen molar-refractivity contribution in [2.45, 2.75) is 32.6 Å². The number of pyridine rings is 1. The van der Waals surface area contributed by atoms with Crippen LogP contribution in [0.1, 0.15) is 37.2 Å². The van der Waals surface area contributed by atoms with Gasteiger partial charge in [0, 0.05) is 43.2 Å². The van der Waals surface area contributed by atoms with Crippen LogP contribution >= 0.6 is 0 Å². The van der Waals surface area contributed by atoms with Crippen LogP contribution in [0.2, 0.25) is 0 Å². The molecule has 2 aromatic rings. The Bertz CT molecular complexity index is 809. The lowest BCUT2D eigenvalue weighted by atomic mass is 9.91. The largest absolute Gasteiger partial charge is 0.265 e. The molecule has 1 fully saturated rings. The molecule has 1 saturated heterocycles. The Labute approximate surface area is 143 Å². The lowest BCUT2D eigenvalue weighted by Crippen LogP contribution is -2.40. The van der Waals surface area contributed by atoms with Gasteiger partial charge < -0.3 is 0 Å². The van der Waals surface area contributed by atoms with E-state index in [0.29, 0.717) is 18.9 Å². The highest BCUT2D eigenvalue weighted by Crippen LogP contribution is 2.33. The maximum atomic E-state index is 12.2. The minimum Gasteiger partial charge on any atom is -0.265 e. The summed E-state index contributed by atoms with van der Waals surface area (Å²) in [5.41, 5.74) is 2.91. The summed E-state index contributed by atoms with van der Waals surface area (Å²) in [4.78, 5) is 13.1. The predicted molar refractivity (Wildman–Crippen MR) is 93.0 cm³/mol. The molecule has 3 rings (SSSR count). The van der Waals surface area contributed by atoms with Crippen molar-refractivity contribution in [3.8, 4) is 11.1 Å². The van der Waals surface area contributed by atoms with Gasteiger partial charge in [0.2, 0.25) is 10.0 Å². The van der Waals surface area contributed by atoms with E-state index in [1.165, 1.54) is 0 Å². The molecule has 2 aromatic heterocycles. The van der Waals surface area contributed by atoms with Gasteiger partial charge in [-0.1, -0.05) is 0 Å². The third-order valence-corrected chi connectivity index (χ3v) is 6.31. The van der Waals surface area contributed by atoms with E-state index < -0.39 is 10.0 Å². The van der Waals surface area contributed by atoms with E-state index in [9.17, 15) is 8.42 Å². The van der Waals surface area contributed by atoms with E-state index in [1.54, 1.807) is 23.6 Å². The number of rotatable bonds is 4. The summed E-state index contributed by atoms with van der Waals surface area (Å²) >= 11 is 0. The highest BCUT2D eigenvalue weighted by atomic mass is 32.2. The molecule has 0 amide bonds. The molecule has 0 N–H and O–H groups in total. The van der Waals surface area contributed by atoms with Gasteiger partial charge in [-0.15, -0.1) is 0 Å². The monoisotopic (exact) mass is 346 g/mol. The first-order chi connectivity index (χ1) is 11.5. The van der Waals surface area contributed by atoms with E-state index >= 15 is 0 Å². The zero-order chi connectivity index (χ0) is 17.2. The predicted octanol–water partition coefficient (Wildman–Crippen LogP) is 2.38. The maximum absolute atomic E-state index is 12.2. The van der Waals surface area contributed by atoms with Crippen molar-refractivity contribution in [1.82, 2.24) is 19.3 Å². The molecule has 1 atom stereocenters. The van der Waals surface area contributed by atoms with Gasteiger partial charge in [-0.3, -0.25) is 4.98 Å². The molecule has 0 spiro atoms. The summed E-state index contributed by atoms with van der Waals surface area (Å²) in [6, 6.07) is 3.86. The first-order valence-corrected chi connectivity index (χ1v) is 9.84. The number of hydrogen-bond donors (Lipinski definition) is 0. The van der Waals surface area contributed by atoms with Crippen molar-refractivity contribution in [2.75, 3.05) is 18.8 Å². The Morgan fingerprint density at radius 2 is 2.04 bits per heavy atom. The molecule has 1 aliphatic heterocycles. The Kier molecular flexibility index (Phi) is 4.91. The third kappa shape index (κ3) is 3.47. The summed E-state index contributed by atoms with van der Waals surface area (Å²) in [6.07, 6.45) is 7.11. The zero-order valence-corrected chi connectivity index (χ0v) is 14.8. The van der Waals surface area contributed by atoms with Gasteiger partial charge in [0.05, 0.1) is 11.4 Å². The molecule has 0 saturated carbocycles. The van der Waals surface area contributed by atoms with Crippen LogP contribution in [0, 0.1) is 6.92 Å². The molecule has 0 unspecified atom stereocenters. The van der Waals surface area contributed by atoms with Crippen molar-refractivity contribution in [1.29, 1.82) is 0 Å². The molecular formula is C17H22N4O2S. The van der Waals surface area contributed by atoms with E-state index in [2.05, 4.69) is 15.0 Å². The van der Waals surface area contributed by atoms with Crippen LogP contribution in [-0.2, 0) is 10.0 Å². The Morgan fingerprint density at radius 3 is 2.75 bits per heavy atom. The van der Waals surface area contributed by atoms with Gasteiger partial charge in [0.25, 0.3) is 0 Å². The fourth-order valence-electron chi connectivity index (χ4n) is 3.15. The molecule has 24 heavy (non-hydrogen) atoms. The quantitative estimate of drug-likeness (QED) is 0.849. The first kappa shape index (κ1) is 17.0. The van der Waals surface area contributed by atoms with Gasteiger partial charge >= 0.3 is 0 Å². The second kappa shape index (κ2) is 6.94. The average molecular weight is 346 g/mol. The summed E-state index contributed by atoms with van der Waals surface area (Å²) in [5.74, 6) is 0.933. The van der Waals surface area contributed by atoms with Crippen LogP contribution < -0.4 is 0 Å². The third-order valence-electron chi connectivity index (χ3n) is 4.46. The average Bonchev–Trinajstić information content (AvgIpc) is 2.62. The summed E-state index contributed by atoms with van der Waals surface area (Å²) < 4.78 is 26.1. The number of aromatic nitrogens is 3. The lowest BCUT2D eigenvalue weighted by Gasteiger charge is -2.32.